The Morgan fingerprint density at radius 2 is 1.90 bits per heavy atom. The molecule has 1 aromatic carbocycles. The maximum absolute atomic E-state index is 13.1. The Labute approximate surface area is 187 Å². The minimum absolute atomic E-state index is 0.0623. The first-order chi connectivity index (χ1) is 15.2. The first kappa shape index (κ1) is 21.6. The van der Waals surface area contributed by atoms with Crippen molar-refractivity contribution in [1.82, 2.24) is 25.1 Å². The first-order valence-electron chi connectivity index (χ1n) is 11.0. The second-order valence-corrected chi connectivity index (χ2v) is 8.98. The summed E-state index contributed by atoms with van der Waals surface area (Å²) in [4.78, 5) is 17.5. The van der Waals surface area contributed by atoms with E-state index >= 15 is 0 Å². The van der Waals surface area contributed by atoms with Gasteiger partial charge in [-0.25, -0.2) is 0 Å². The highest BCUT2D eigenvalue weighted by Gasteiger charge is 2.31. The van der Waals surface area contributed by atoms with Gasteiger partial charge in [-0.3, -0.25) is 9.78 Å². The van der Waals surface area contributed by atoms with Crippen LogP contribution in [-0.4, -0.2) is 32.2 Å². The lowest BCUT2D eigenvalue weighted by Gasteiger charge is -2.23. The number of amides is 1. The van der Waals surface area contributed by atoms with Crippen LogP contribution in [0, 0.1) is 5.92 Å². The molecule has 1 aliphatic carbocycles. The number of rotatable bonds is 9. The highest BCUT2D eigenvalue weighted by molar-refractivity contribution is 7.98. The molecule has 2 aromatic heterocycles. The molecule has 1 aliphatic rings. The van der Waals surface area contributed by atoms with Gasteiger partial charge in [0.2, 0.25) is 5.91 Å². The fraction of sp³-hybridized carbons (Fsp3) is 0.417. The summed E-state index contributed by atoms with van der Waals surface area (Å²) in [5.74, 6) is 2.13. The van der Waals surface area contributed by atoms with Gasteiger partial charge in [0, 0.05) is 32.0 Å². The summed E-state index contributed by atoms with van der Waals surface area (Å²) in [5, 5.41) is 12.7. The standard InChI is InChI=1S/C24H29N5OS/c1-29-21(27-28-24(29)31-17-20-13-7-8-15-25-20)14-16-26-23(30)22(19-11-5-6-12-19)18-9-3-2-4-10-18/h2-4,7-10,13,15,19,22H,5-6,11-12,14,16-17H2,1H3,(H,26,30)/t22-/m1/s1. The molecule has 0 unspecified atom stereocenters. The van der Waals surface area contributed by atoms with E-state index in [2.05, 4.69) is 32.6 Å². The molecule has 7 heteroatoms. The zero-order valence-corrected chi connectivity index (χ0v) is 18.7. The Balaban J connectivity index is 1.33. The normalized spacial score (nSPS) is 15.1. The van der Waals surface area contributed by atoms with Crippen LogP contribution in [0.25, 0.3) is 0 Å². The highest BCUT2D eigenvalue weighted by Crippen LogP contribution is 2.37. The smallest absolute Gasteiger partial charge is 0.227 e. The van der Waals surface area contributed by atoms with E-state index in [1.807, 2.05) is 48.0 Å². The fourth-order valence-electron chi connectivity index (χ4n) is 4.31. The van der Waals surface area contributed by atoms with Crippen LogP contribution in [0.2, 0.25) is 0 Å². The van der Waals surface area contributed by atoms with Gasteiger partial charge in [-0.15, -0.1) is 10.2 Å². The second kappa shape index (κ2) is 10.6. The Morgan fingerprint density at radius 3 is 2.65 bits per heavy atom. The Hall–Kier alpha value is -2.67. The number of hydrogen-bond acceptors (Lipinski definition) is 5. The van der Waals surface area contributed by atoms with E-state index in [9.17, 15) is 4.79 Å². The van der Waals surface area contributed by atoms with Crippen molar-refractivity contribution in [3.05, 3.63) is 71.8 Å². The van der Waals surface area contributed by atoms with Gasteiger partial charge in [-0.1, -0.05) is 61.0 Å². The second-order valence-electron chi connectivity index (χ2n) is 8.04. The lowest BCUT2D eigenvalue weighted by molar-refractivity contribution is -0.123. The third-order valence-electron chi connectivity index (χ3n) is 5.96. The number of thioether (sulfide) groups is 1. The molecule has 4 rings (SSSR count). The minimum Gasteiger partial charge on any atom is -0.355 e. The molecule has 0 spiro atoms. The average Bonchev–Trinajstić information content (AvgIpc) is 3.45. The van der Waals surface area contributed by atoms with Crippen LogP contribution in [0.3, 0.4) is 0 Å². The first-order valence-corrected chi connectivity index (χ1v) is 11.9. The molecule has 0 aliphatic heterocycles. The molecular formula is C24H29N5OS. The predicted molar refractivity (Wildman–Crippen MR) is 123 cm³/mol. The number of carbonyl (C=O) groups is 1. The van der Waals surface area contributed by atoms with Gasteiger partial charge in [-0.2, -0.15) is 0 Å². The molecule has 162 valence electrons. The Kier molecular flexibility index (Phi) is 7.35. The van der Waals surface area contributed by atoms with Crippen LogP contribution < -0.4 is 5.32 Å². The van der Waals surface area contributed by atoms with Crippen LogP contribution in [0.15, 0.2) is 59.9 Å². The molecule has 6 nitrogen and oxygen atoms in total. The third kappa shape index (κ3) is 5.53. The summed E-state index contributed by atoms with van der Waals surface area (Å²) in [6.07, 6.45) is 7.17. The van der Waals surface area contributed by atoms with E-state index in [-0.39, 0.29) is 11.8 Å². The number of pyridine rings is 1. The number of hydrogen-bond donors (Lipinski definition) is 1. The summed E-state index contributed by atoms with van der Waals surface area (Å²) in [5.41, 5.74) is 2.14. The van der Waals surface area contributed by atoms with Gasteiger partial charge in [0.15, 0.2) is 5.16 Å². The van der Waals surface area contributed by atoms with Gasteiger partial charge in [-0.05, 0) is 36.5 Å². The maximum Gasteiger partial charge on any atom is 0.227 e. The molecule has 2 heterocycles. The van der Waals surface area contributed by atoms with Crippen molar-refractivity contribution in [2.75, 3.05) is 6.54 Å². The van der Waals surface area contributed by atoms with Crippen molar-refractivity contribution in [2.45, 2.75) is 48.9 Å². The van der Waals surface area contributed by atoms with Crippen molar-refractivity contribution >= 4 is 17.7 Å². The Bertz CT molecular complexity index is 970. The van der Waals surface area contributed by atoms with Crippen molar-refractivity contribution in [1.29, 1.82) is 0 Å². The third-order valence-corrected chi connectivity index (χ3v) is 7.01. The molecule has 1 amide bonds. The zero-order valence-electron chi connectivity index (χ0n) is 17.9. The number of nitrogens with zero attached hydrogens (tertiary/aromatic N) is 4. The summed E-state index contributed by atoms with van der Waals surface area (Å²) >= 11 is 1.62. The van der Waals surface area contributed by atoms with Gasteiger partial charge >= 0.3 is 0 Å². The fourth-order valence-corrected chi connectivity index (χ4v) is 5.15. The minimum atomic E-state index is -0.0623. The highest BCUT2D eigenvalue weighted by atomic mass is 32.2. The maximum atomic E-state index is 13.1. The number of carbonyl (C=O) groups excluding carboxylic acids is 1. The number of benzene rings is 1. The van der Waals surface area contributed by atoms with E-state index in [4.69, 9.17) is 0 Å². The molecule has 0 bridgehead atoms. The van der Waals surface area contributed by atoms with Crippen LogP contribution in [0.5, 0.6) is 0 Å². The SMILES string of the molecule is Cn1c(CCNC(=O)[C@H](c2ccccc2)C2CCCC2)nnc1SCc1ccccn1. The van der Waals surface area contributed by atoms with E-state index in [1.165, 1.54) is 12.8 Å². The Morgan fingerprint density at radius 1 is 1.13 bits per heavy atom. The topological polar surface area (TPSA) is 72.7 Å². The summed E-state index contributed by atoms with van der Waals surface area (Å²) < 4.78 is 2.01. The molecule has 0 saturated heterocycles. The number of aromatic nitrogens is 4. The van der Waals surface area contributed by atoms with E-state index in [0.29, 0.717) is 18.9 Å². The van der Waals surface area contributed by atoms with Crippen molar-refractivity contribution in [3.8, 4) is 0 Å². The van der Waals surface area contributed by atoms with Crippen LogP contribution >= 0.6 is 11.8 Å². The van der Waals surface area contributed by atoms with E-state index in [0.717, 1.165) is 40.8 Å². The van der Waals surface area contributed by atoms with Gasteiger partial charge in [0.05, 0.1) is 11.6 Å². The quantitative estimate of drug-likeness (QED) is 0.512. The lowest BCUT2D eigenvalue weighted by atomic mass is 9.84. The zero-order chi connectivity index (χ0) is 21.5. The molecule has 31 heavy (non-hydrogen) atoms. The van der Waals surface area contributed by atoms with Gasteiger partial charge in [0.1, 0.15) is 5.82 Å². The van der Waals surface area contributed by atoms with Crippen LogP contribution in [0.1, 0.15) is 48.7 Å². The predicted octanol–water partition coefficient (Wildman–Crippen LogP) is 4.14. The number of nitrogens with one attached hydrogen (secondary N) is 1. The van der Waals surface area contributed by atoms with E-state index in [1.54, 1.807) is 18.0 Å². The van der Waals surface area contributed by atoms with Crippen LogP contribution in [-0.2, 0) is 24.0 Å². The lowest BCUT2D eigenvalue weighted by Crippen LogP contribution is -2.34. The average molecular weight is 436 g/mol. The molecule has 1 atom stereocenters. The molecule has 1 fully saturated rings. The van der Waals surface area contributed by atoms with Gasteiger partial charge < -0.3 is 9.88 Å². The van der Waals surface area contributed by atoms with Gasteiger partial charge in [0.25, 0.3) is 0 Å². The monoisotopic (exact) mass is 435 g/mol. The molecule has 1 N–H and O–H groups in total. The summed E-state index contributed by atoms with van der Waals surface area (Å²) in [6, 6.07) is 16.1. The molecule has 1 saturated carbocycles. The van der Waals surface area contributed by atoms with Crippen molar-refractivity contribution in [3.63, 3.8) is 0 Å². The molecule has 3 aromatic rings. The molecule has 0 radical (unpaired) electrons. The van der Waals surface area contributed by atoms with Crippen molar-refractivity contribution in [2.24, 2.45) is 13.0 Å². The largest absolute Gasteiger partial charge is 0.355 e. The van der Waals surface area contributed by atoms with E-state index < -0.39 is 0 Å². The molecular weight excluding hydrogens is 406 g/mol. The summed E-state index contributed by atoms with van der Waals surface area (Å²) in [7, 11) is 1.98. The van der Waals surface area contributed by atoms with Crippen molar-refractivity contribution < 1.29 is 4.79 Å². The summed E-state index contributed by atoms with van der Waals surface area (Å²) in [6.45, 7) is 0.561. The van der Waals surface area contributed by atoms with Crippen LogP contribution in [0.4, 0.5) is 0 Å².